The highest BCUT2D eigenvalue weighted by Gasteiger charge is 2.19. The predicted octanol–water partition coefficient (Wildman–Crippen LogP) is 3.79. The van der Waals surface area contributed by atoms with Crippen LogP contribution in [0.2, 0.25) is 5.02 Å². The Bertz CT molecular complexity index is 508. The number of alkyl halides is 1. The van der Waals surface area contributed by atoms with Gasteiger partial charge in [0.15, 0.2) is 0 Å². The summed E-state index contributed by atoms with van der Waals surface area (Å²) in [6.45, 7) is 1.91. The van der Waals surface area contributed by atoms with Gasteiger partial charge in [-0.1, -0.05) is 18.5 Å². The molecule has 0 bridgehead atoms. The molecule has 0 heterocycles. The molecule has 0 aliphatic rings. The van der Waals surface area contributed by atoms with Crippen LogP contribution < -0.4 is 4.72 Å². The normalized spacial score (nSPS) is 13.6. The van der Waals surface area contributed by atoms with Crippen molar-refractivity contribution in [2.75, 3.05) is 5.88 Å². The Labute approximate surface area is 126 Å². The summed E-state index contributed by atoms with van der Waals surface area (Å²) >= 11 is 14.7. The molecule has 0 saturated heterocycles. The molecule has 0 radical (unpaired) electrons. The average Bonchev–Trinajstić information content (AvgIpc) is 2.31. The van der Waals surface area contributed by atoms with Gasteiger partial charge in [0.25, 0.3) is 0 Å². The standard InChI is InChI=1S/C11H14BrCl2NO2S/c1-2-8(5-6-13)15-18(16,17)9-3-4-11(14)10(12)7-9/h3-4,7-8,15H,2,5-6H2,1H3. The lowest BCUT2D eigenvalue weighted by atomic mass is 10.2. The number of hydrogen-bond donors (Lipinski definition) is 1. The van der Waals surface area contributed by atoms with Crippen molar-refractivity contribution in [3.05, 3.63) is 27.7 Å². The topological polar surface area (TPSA) is 46.2 Å². The summed E-state index contributed by atoms with van der Waals surface area (Å²) in [6, 6.07) is 4.35. The van der Waals surface area contributed by atoms with Gasteiger partial charge < -0.3 is 0 Å². The van der Waals surface area contributed by atoms with Crippen LogP contribution in [0.1, 0.15) is 19.8 Å². The summed E-state index contributed by atoms with van der Waals surface area (Å²) in [4.78, 5) is 0.187. The van der Waals surface area contributed by atoms with Gasteiger partial charge in [-0.3, -0.25) is 0 Å². The summed E-state index contributed by atoms with van der Waals surface area (Å²) in [5.41, 5.74) is 0. The Morgan fingerprint density at radius 3 is 2.61 bits per heavy atom. The van der Waals surface area contributed by atoms with E-state index >= 15 is 0 Å². The maximum Gasteiger partial charge on any atom is 0.240 e. The fourth-order valence-corrected chi connectivity index (χ4v) is 3.70. The van der Waals surface area contributed by atoms with Crippen molar-refractivity contribution in [2.24, 2.45) is 0 Å². The Hall–Kier alpha value is 0.190. The van der Waals surface area contributed by atoms with E-state index in [2.05, 4.69) is 20.7 Å². The molecule has 1 N–H and O–H groups in total. The Balaban J connectivity index is 2.95. The highest BCUT2D eigenvalue weighted by atomic mass is 79.9. The van der Waals surface area contributed by atoms with E-state index in [1.807, 2.05) is 6.92 Å². The first-order valence-corrected chi connectivity index (χ1v) is 8.63. The van der Waals surface area contributed by atoms with E-state index in [4.69, 9.17) is 23.2 Å². The van der Waals surface area contributed by atoms with E-state index in [1.165, 1.54) is 12.1 Å². The van der Waals surface area contributed by atoms with Crippen LogP contribution in [0.5, 0.6) is 0 Å². The fraction of sp³-hybridized carbons (Fsp3) is 0.455. The van der Waals surface area contributed by atoms with E-state index in [0.717, 1.165) is 0 Å². The molecule has 0 fully saturated rings. The van der Waals surface area contributed by atoms with E-state index in [1.54, 1.807) is 6.07 Å². The molecule has 0 aliphatic carbocycles. The second kappa shape index (κ2) is 7.10. The SMILES string of the molecule is CCC(CCCl)NS(=O)(=O)c1ccc(Cl)c(Br)c1. The molecule has 0 saturated carbocycles. The van der Waals surface area contributed by atoms with Gasteiger partial charge in [-0.2, -0.15) is 0 Å². The minimum Gasteiger partial charge on any atom is -0.208 e. The number of hydrogen-bond acceptors (Lipinski definition) is 2. The van der Waals surface area contributed by atoms with Crippen molar-refractivity contribution in [3.8, 4) is 0 Å². The highest BCUT2D eigenvalue weighted by Crippen LogP contribution is 2.25. The van der Waals surface area contributed by atoms with Crippen LogP contribution in [0.25, 0.3) is 0 Å². The van der Waals surface area contributed by atoms with Crippen molar-refractivity contribution >= 4 is 49.2 Å². The van der Waals surface area contributed by atoms with Crippen molar-refractivity contribution < 1.29 is 8.42 Å². The zero-order valence-electron chi connectivity index (χ0n) is 9.79. The van der Waals surface area contributed by atoms with Crippen molar-refractivity contribution in [3.63, 3.8) is 0 Å². The van der Waals surface area contributed by atoms with Crippen LogP contribution in [0.15, 0.2) is 27.6 Å². The van der Waals surface area contributed by atoms with Crippen LogP contribution in [-0.2, 0) is 10.0 Å². The minimum atomic E-state index is -3.53. The third kappa shape index (κ3) is 4.38. The van der Waals surface area contributed by atoms with Crippen molar-refractivity contribution in [2.45, 2.75) is 30.7 Å². The van der Waals surface area contributed by atoms with Gasteiger partial charge in [0.1, 0.15) is 0 Å². The lowest BCUT2D eigenvalue weighted by molar-refractivity contribution is 0.531. The van der Waals surface area contributed by atoms with Crippen LogP contribution in [0, 0.1) is 0 Å². The van der Waals surface area contributed by atoms with Gasteiger partial charge in [0, 0.05) is 16.4 Å². The number of rotatable bonds is 6. The van der Waals surface area contributed by atoms with E-state index in [9.17, 15) is 8.42 Å². The van der Waals surface area contributed by atoms with Gasteiger partial charge in [-0.15, -0.1) is 11.6 Å². The first-order valence-electron chi connectivity index (χ1n) is 5.44. The highest BCUT2D eigenvalue weighted by molar-refractivity contribution is 9.10. The first kappa shape index (κ1) is 16.2. The molecule has 1 atom stereocenters. The second-order valence-corrected chi connectivity index (χ2v) is 7.13. The smallest absolute Gasteiger partial charge is 0.208 e. The second-order valence-electron chi connectivity index (χ2n) is 3.78. The van der Waals surface area contributed by atoms with Gasteiger partial charge in [0.2, 0.25) is 10.0 Å². The molecular weight excluding hydrogens is 361 g/mol. The maximum atomic E-state index is 12.1. The molecule has 0 amide bonds. The zero-order valence-corrected chi connectivity index (χ0v) is 13.7. The van der Waals surface area contributed by atoms with Crippen LogP contribution in [0.3, 0.4) is 0 Å². The van der Waals surface area contributed by atoms with E-state index in [-0.39, 0.29) is 10.9 Å². The minimum absolute atomic E-state index is 0.151. The van der Waals surface area contributed by atoms with Crippen LogP contribution in [-0.4, -0.2) is 20.3 Å². The molecule has 1 rings (SSSR count). The number of halogens is 3. The quantitative estimate of drug-likeness (QED) is 0.770. The summed E-state index contributed by atoms with van der Waals surface area (Å²) in [6.07, 6.45) is 1.30. The van der Waals surface area contributed by atoms with Crippen LogP contribution in [0.4, 0.5) is 0 Å². The Kier molecular flexibility index (Phi) is 6.41. The third-order valence-electron chi connectivity index (χ3n) is 2.47. The van der Waals surface area contributed by atoms with Gasteiger partial charge in [-0.25, -0.2) is 13.1 Å². The molecule has 1 aromatic rings. The summed E-state index contributed by atoms with van der Waals surface area (Å²) in [5.74, 6) is 0.422. The van der Waals surface area contributed by atoms with Crippen molar-refractivity contribution in [1.29, 1.82) is 0 Å². The Morgan fingerprint density at radius 2 is 2.11 bits per heavy atom. The predicted molar refractivity (Wildman–Crippen MR) is 78.9 cm³/mol. The van der Waals surface area contributed by atoms with Gasteiger partial charge in [-0.05, 0) is 47.0 Å². The lowest BCUT2D eigenvalue weighted by Gasteiger charge is -2.16. The zero-order chi connectivity index (χ0) is 13.8. The molecule has 18 heavy (non-hydrogen) atoms. The fourth-order valence-electron chi connectivity index (χ4n) is 1.41. The number of nitrogens with one attached hydrogen (secondary N) is 1. The molecule has 0 aliphatic heterocycles. The largest absolute Gasteiger partial charge is 0.240 e. The molecule has 0 spiro atoms. The molecule has 1 unspecified atom stereocenters. The average molecular weight is 375 g/mol. The summed E-state index contributed by atoms with van der Waals surface area (Å²) in [7, 11) is -3.53. The van der Waals surface area contributed by atoms with E-state index < -0.39 is 10.0 Å². The summed E-state index contributed by atoms with van der Waals surface area (Å²) < 4.78 is 27.4. The van der Waals surface area contributed by atoms with Crippen LogP contribution >= 0.6 is 39.1 Å². The molecular formula is C11H14BrCl2NO2S. The van der Waals surface area contributed by atoms with Gasteiger partial charge in [0.05, 0.1) is 9.92 Å². The number of sulfonamides is 1. The van der Waals surface area contributed by atoms with Crippen molar-refractivity contribution in [1.82, 2.24) is 4.72 Å². The lowest BCUT2D eigenvalue weighted by Crippen LogP contribution is -2.34. The van der Waals surface area contributed by atoms with E-state index in [0.29, 0.717) is 28.2 Å². The summed E-state index contributed by atoms with van der Waals surface area (Å²) in [5, 5.41) is 0.474. The number of benzene rings is 1. The molecule has 7 heteroatoms. The molecule has 102 valence electrons. The monoisotopic (exact) mass is 373 g/mol. The third-order valence-corrected chi connectivity index (χ3v) is 5.42. The molecule has 3 nitrogen and oxygen atoms in total. The Morgan fingerprint density at radius 1 is 1.44 bits per heavy atom. The molecule has 0 aromatic heterocycles. The first-order chi connectivity index (χ1) is 8.40. The van der Waals surface area contributed by atoms with Gasteiger partial charge >= 0.3 is 0 Å². The maximum absolute atomic E-state index is 12.1. The molecule has 1 aromatic carbocycles.